The van der Waals surface area contributed by atoms with Crippen molar-refractivity contribution in [2.45, 2.75) is 13.5 Å². The number of rotatable bonds is 2. The lowest BCUT2D eigenvalue weighted by Gasteiger charge is -2.10. The first kappa shape index (κ1) is 12.4. The number of aryl methyl sites for hydroxylation is 1. The Morgan fingerprint density at radius 1 is 1.20 bits per heavy atom. The zero-order chi connectivity index (χ0) is 14.1. The van der Waals surface area contributed by atoms with Gasteiger partial charge in [-0.2, -0.15) is 0 Å². The van der Waals surface area contributed by atoms with Crippen molar-refractivity contribution < 1.29 is 0 Å². The molecule has 0 bridgehead atoms. The molecule has 2 heterocycles. The summed E-state index contributed by atoms with van der Waals surface area (Å²) in [5.74, 6) is 0. The van der Waals surface area contributed by atoms with Crippen LogP contribution >= 0.6 is 0 Å². The molecule has 0 fully saturated rings. The van der Waals surface area contributed by atoms with Crippen LogP contribution in [0.25, 0.3) is 10.9 Å². The maximum absolute atomic E-state index is 12.1. The molecule has 0 spiro atoms. The minimum absolute atomic E-state index is 0.0217. The molecule has 0 amide bonds. The topological polar surface area (TPSA) is 60.9 Å². The Balaban J connectivity index is 2.14. The zero-order valence-electron chi connectivity index (χ0n) is 11.2. The highest BCUT2D eigenvalue weighted by Gasteiger charge is 2.07. The minimum atomic E-state index is 0.0217. The fraction of sp³-hybridized carbons (Fsp3) is 0.125. The predicted molar refractivity (Wildman–Crippen MR) is 80.7 cm³/mol. The molecular weight excluding hydrogens is 250 g/mol. The lowest BCUT2D eigenvalue weighted by atomic mass is 10.1. The lowest BCUT2D eigenvalue weighted by molar-refractivity contribution is 0.755. The van der Waals surface area contributed by atoms with Gasteiger partial charge in [-0.25, -0.2) is 0 Å². The molecule has 0 aliphatic heterocycles. The molecular formula is C16H15N3O. The monoisotopic (exact) mass is 265 g/mol. The van der Waals surface area contributed by atoms with Crippen LogP contribution < -0.4 is 11.3 Å². The summed E-state index contributed by atoms with van der Waals surface area (Å²) in [5.41, 5.74) is 9.26. The summed E-state index contributed by atoms with van der Waals surface area (Å²) in [6.45, 7) is 2.31. The summed E-state index contributed by atoms with van der Waals surface area (Å²) in [6.07, 6.45) is 3.53. The number of anilines is 1. The molecule has 2 N–H and O–H groups in total. The minimum Gasteiger partial charge on any atom is -0.398 e. The van der Waals surface area contributed by atoms with E-state index in [1.807, 2.05) is 43.3 Å². The lowest BCUT2D eigenvalue weighted by Crippen LogP contribution is -2.21. The van der Waals surface area contributed by atoms with Crippen LogP contribution in [0.15, 0.2) is 53.6 Å². The fourth-order valence-corrected chi connectivity index (χ4v) is 2.35. The van der Waals surface area contributed by atoms with E-state index in [2.05, 4.69) is 4.98 Å². The largest absolute Gasteiger partial charge is 0.398 e. The smallest absolute Gasteiger partial charge is 0.253 e. The third kappa shape index (κ3) is 2.05. The van der Waals surface area contributed by atoms with Crippen molar-refractivity contribution in [3.05, 3.63) is 70.3 Å². The van der Waals surface area contributed by atoms with Gasteiger partial charge in [0.2, 0.25) is 0 Å². The highest BCUT2D eigenvalue weighted by molar-refractivity contribution is 5.92. The highest BCUT2D eigenvalue weighted by atomic mass is 16.1. The molecule has 0 unspecified atom stereocenters. The molecule has 3 aromatic rings. The van der Waals surface area contributed by atoms with E-state index in [9.17, 15) is 4.79 Å². The Morgan fingerprint density at radius 3 is 2.90 bits per heavy atom. The average molecular weight is 265 g/mol. The van der Waals surface area contributed by atoms with Crippen LogP contribution in [0, 0.1) is 6.92 Å². The van der Waals surface area contributed by atoms with E-state index in [0.29, 0.717) is 12.2 Å². The third-order valence-electron chi connectivity index (χ3n) is 3.44. The van der Waals surface area contributed by atoms with E-state index in [-0.39, 0.29) is 5.56 Å². The summed E-state index contributed by atoms with van der Waals surface area (Å²) in [6, 6.07) is 11.3. The van der Waals surface area contributed by atoms with Crippen LogP contribution in [-0.4, -0.2) is 9.55 Å². The predicted octanol–water partition coefficient (Wildman–Crippen LogP) is 2.34. The van der Waals surface area contributed by atoms with Gasteiger partial charge in [-0.3, -0.25) is 9.78 Å². The van der Waals surface area contributed by atoms with Crippen molar-refractivity contribution >= 4 is 16.6 Å². The van der Waals surface area contributed by atoms with Crippen molar-refractivity contribution in [3.8, 4) is 0 Å². The second kappa shape index (κ2) is 4.81. The van der Waals surface area contributed by atoms with Gasteiger partial charge in [0.15, 0.2) is 0 Å². The average Bonchev–Trinajstić information content (AvgIpc) is 2.47. The van der Waals surface area contributed by atoms with Gasteiger partial charge in [0.05, 0.1) is 12.1 Å². The molecule has 20 heavy (non-hydrogen) atoms. The van der Waals surface area contributed by atoms with Crippen molar-refractivity contribution in [1.29, 1.82) is 0 Å². The number of nitrogen functional groups attached to an aromatic ring is 1. The molecule has 4 heteroatoms. The van der Waals surface area contributed by atoms with Crippen LogP contribution in [0.5, 0.6) is 0 Å². The Kier molecular flexibility index (Phi) is 2.99. The van der Waals surface area contributed by atoms with Crippen molar-refractivity contribution in [3.63, 3.8) is 0 Å². The maximum atomic E-state index is 12.1. The maximum Gasteiger partial charge on any atom is 0.253 e. The first-order valence-electron chi connectivity index (χ1n) is 6.45. The number of nitrogens with two attached hydrogens (primary N) is 1. The van der Waals surface area contributed by atoms with Gasteiger partial charge in [-0.1, -0.05) is 12.1 Å². The summed E-state index contributed by atoms with van der Waals surface area (Å²) < 4.78 is 1.69. The number of benzene rings is 1. The molecule has 1 aromatic carbocycles. The molecule has 0 atom stereocenters. The van der Waals surface area contributed by atoms with E-state index in [4.69, 9.17) is 5.73 Å². The molecule has 0 radical (unpaired) electrons. The van der Waals surface area contributed by atoms with Crippen molar-refractivity contribution in [1.82, 2.24) is 9.55 Å². The summed E-state index contributed by atoms with van der Waals surface area (Å²) >= 11 is 0. The van der Waals surface area contributed by atoms with Gasteiger partial charge in [0.25, 0.3) is 5.56 Å². The molecule has 0 saturated carbocycles. The first-order valence-corrected chi connectivity index (χ1v) is 6.45. The van der Waals surface area contributed by atoms with Gasteiger partial charge in [-0.15, -0.1) is 0 Å². The Hall–Kier alpha value is -2.62. The zero-order valence-corrected chi connectivity index (χ0v) is 11.2. The number of aromatic nitrogens is 2. The SMILES string of the molecule is Cc1cccn(Cc2ccc(N)c3cccnc23)c1=O. The van der Waals surface area contributed by atoms with Gasteiger partial charge in [0, 0.05) is 29.0 Å². The summed E-state index contributed by atoms with van der Waals surface area (Å²) in [7, 11) is 0. The Bertz CT molecular complexity index is 836. The number of hydrogen-bond donors (Lipinski definition) is 1. The molecule has 0 aliphatic carbocycles. The van der Waals surface area contributed by atoms with Gasteiger partial charge in [0.1, 0.15) is 0 Å². The van der Waals surface area contributed by atoms with Gasteiger partial charge < -0.3 is 10.3 Å². The van der Waals surface area contributed by atoms with E-state index >= 15 is 0 Å². The van der Waals surface area contributed by atoms with Crippen LogP contribution in [0.3, 0.4) is 0 Å². The second-order valence-corrected chi connectivity index (χ2v) is 4.84. The van der Waals surface area contributed by atoms with Crippen LogP contribution in [0.1, 0.15) is 11.1 Å². The van der Waals surface area contributed by atoms with E-state index in [0.717, 1.165) is 22.0 Å². The second-order valence-electron chi connectivity index (χ2n) is 4.84. The highest BCUT2D eigenvalue weighted by Crippen LogP contribution is 2.22. The van der Waals surface area contributed by atoms with Gasteiger partial charge >= 0.3 is 0 Å². The van der Waals surface area contributed by atoms with E-state index < -0.39 is 0 Å². The fourth-order valence-electron chi connectivity index (χ4n) is 2.35. The molecule has 100 valence electrons. The molecule has 0 aliphatic rings. The van der Waals surface area contributed by atoms with Crippen molar-refractivity contribution in [2.24, 2.45) is 0 Å². The van der Waals surface area contributed by atoms with Crippen LogP contribution in [0.2, 0.25) is 0 Å². The Labute approximate surface area is 116 Å². The third-order valence-corrected chi connectivity index (χ3v) is 3.44. The first-order chi connectivity index (χ1) is 9.66. The van der Waals surface area contributed by atoms with E-state index in [1.165, 1.54) is 0 Å². The normalized spacial score (nSPS) is 10.8. The number of pyridine rings is 2. The van der Waals surface area contributed by atoms with Crippen LogP contribution in [-0.2, 0) is 6.54 Å². The molecule has 0 saturated heterocycles. The van der Waals surface area contributed by atoms with Crippen LogP contribution in [0.4, 0.5) is 5.69 Å². The number of nitrogens with zero attached hydrogens (tertiary/aromatic N) is 2. The van der Waals surface area contributed by atoms with E-state index in [1.54, 1.807) is 17.0 Å². The Morgan fingerprint density at radius 2 is 2.05 bits per heavy atom. The summed E-state index contributed by atoms with van der Waals surface area (Å²) in [5, 5.41) is 0.922. The van der Waals surface area contributed by atoms with Crippen molar-refractivity contribution in [2.75, 3.05) is 5.73 Å². The summed E-state index contributed by atoms with van der Waals surface area (Å²) in [4.78, 5) is 16.5. The molecule has 4 nitrogen and oxygen atoms in total. The standard InChI is InChI=1S/C16H15N3O/c1-11-4-3-9-19(16(11)20)10-12-6-7-14(17)13-5-2-8-18-15(12)13/h2-9H,10,17H2,1H3. The molecule has 2 aromatic heterocycles. The molecule has 3 rings (SSSR count). The quantitative estimate of drug-likeness (QED) is 0.723. The van der Waals surface area contributed by atoms with Gasteiger partial charge in [-0.05, 0) is 36.8 Å². The number of fused-ring (bicyclic) bond motifs is 1. The number of hydrogen-bond acceptors (Lipinski definition) is 3.